The molecule has 0 aromatic carbocycles. The summed E-state index contributed by atoms with van der Waals surface area (Å²) in [5.41, 5.74) is 1.63. The SMILES string of the molecule is CCOC(=O)c1ccc(NC(=O)NCc2ccncc2)cn1. The van der Waals surface area contributed by atoms with E-state index in [1.807, 2.05) is 12.1 Å². The maximum absolute atomic E-state index is 11.7. The number of aromatic nitrogens is 2. The normalized spacial score (nSPS) is 9.86. The Bertz CT molecular complexity index is 629. The Morgan fingerprint density at radius 1 is 1.18 bits per heavy atom. The highest BCUT2D eigenvalue weighted by Gasteiger charge is 2.08. The molecular weight excluding hydrogens is 284 g/mol. The lowest BCUT2D eigenvalue weighted by Crippen LogP contribution is -2.28. The first kappa shape index (κ1) is 15.4. The number of urea groups is 1. The van der Waals surface area contributed by atoms with Crippen LogP contribution < -0.4 is 10.6 Å². The molecule has 0 bridgehead atoms. The molecule has 22 heavy (non-hydrogen) atoms. The van der Waals surface area contributed by atoms with Gasteiger partial charge in [-0.15, -0.1) is 0 Å². The highest BCUT2D eigenvalue weighted by atomic mass is 16.5. The fourth-order valence-electron chi connectivity index (χ4n) is 1.65. The lowest BCUT2D eigenvalue weighted by molar-refractivity contribution is 0.0519. The van der Waals surface area contributed by atoms with E-state index in [2.05, 4.69) is 20.6 Å². The molecule has 0 radical (unpaired) electrons. The Hall–Kier alpha value is -2.96. The number of hydrogen-bond acceptors (Lipinski definition) is 5. The fourth-order valence-corrected chi connectivity index (χ4v) is 1.65. The third kappa shape index (κ3) is 4.55. The minimum atomic E-state index is -0.490. The monoisotopic (exact) mass is 300 g/mol. The second-order valence-corrected chi connectivity index (χ2v) is 4.32. The van der Waals surface area contributed by atoms with Gasteiger partial charge in [0.1, 0.15) is 5.69 Å². The number of nitrogens with one attached hydrogen (secondary N) is 2. The first-order chi connectivity index (χ1) is 10.7. The Labute approximate surface area is 127 Å². The zero-order valence-corrected chi connectivity index (χ0v) is 12.1. The van der Waals surface area contributed by atoms with Crippen molar-refractivity contribution in [3.05, 3.63) is 54.1 Å². The summed E-state index contributed by atoms with van der Waals surface area (Å²) in [5, 5.41) is 5.34. The average Bonchev–Trinajstić information content (AvgIpc) is 2.55. The molecule has 2 aromatic rings. The van der Waals surface area contributed by atoms with Crippen molar-refractivity contribution in [2.75, 3.05) is 11.9 Å². The van der Waals surface area contributed by atoms with Gasteiger partial charge in [-0.2, -0.15) is 0 Å². The van der Waals surface area contributed by atoms with Gasteiger partial charge in [0.25, 0.3) is 0 Å². The summed E-state index contributed by atoms with van der Waals surface area (Å²) < 4.78 is 4.83. The van der Waals surface area contributed by atoms with Gasteiger partial charge in [-0.3, -0.25) is 4.98 Å². The average molecular weight is 300 g/mol. The Morgan fingerprint density at radius 3 is 2.59 bits per heavy atom. The van der Waals surface area contributed by atoms with Gasteiger partial charge in [-0.25, -0.2) is 14.6 Å². The van der Waals surface area contributed by atoms with Crippen LogP contribution in [-0.4, -0.2) is 28.6 Å². The number of amides is 2. The minimum Gasteiger partial charge on any atom is -0.461 e. The van der Waals surface area contributed by atoms with Crippen molar-refractivity contribution in [3.8, 4) is 0 Å². The molecule has 0 fully saturated rings. The Kier molecular flexibility index (Phi) is 5.42. The number of anilines is 1. The second-order valence-electron chi connectivity index (χ2n) is 4.32. The first-order valence-electron chi connectivity index (χ1n) is 6.76. The summed E-state index contributed by atoms with van der Waals surface area (Å²) in [6.07, 6.45) is 4.72. The summed E-state index contributed by atoms with van der Waals surface area (Å²) in [7, 11) is 0. The summed E-state index contributed by atoms with van der Waals surface area (Å²) >= 11 is 0. The topological polar surface area (TPSA) is 93.2 Å². The van der Waals surface area contributed by atoms with Crippen LogP contribution >= 0.6 is 0 Å². The van der Waals surface area contributed by atoms with Crippen LogP contribution in [0.5, 0.6) is 0 Å². The number of carbonyl (C=O) groups excluding carboxylic acids is 2. The molecule has 7 heteroatoms. The molecule has 7 nitrogen and oxygen atoms in total. The van der Waals surface area contributed by atoms with E-state index in [-0.39, 0.29) is 18.3 Å². The van der Waals surface area contributed by atoms with E-state index in [1.165, 1.54) is 12.3 Å². The van der Waals surface area contributed by atoms with Crippen LogP contribution in [0.4, 0.5) is 10.5 Å². The van der Waals surface area contributed by atoms with Gasteiger partial charge in [0.05, 0.1) is 18.5 Å². The molecule has 114 valence electrons. The molecule has 0 atom stereocenters. The lowest BCUT2D eigenvalue weighted by atomic mass is 10.3. The van der Waals surface area contributed by atoms with E-state index in [9.17, 15) is 9.59 Å². The van der Waals surface area contributed by atoms with Gasteiger partial charge in [-0.05, 0) is 36.8 Å². The molecule has 2 heterocycles. The molecule has 0 saturated heterocycles. The maximum Gasteiger partial charge on any atom is 0.356 e. The Balaban J connectivity index is 1.85. The summed E-state index contributed by atoms with van der Waals surface area (Å²) in [6, 6.07) is 6.36. The quantitative estimate of drug-likeness (QED) is 0.823. The van der Waals surface area contributed by atoms with Gasteiger partial charge in [0.15, 0.2) is 0 Å². The molecule has 0 saturated carbocycles. The van der Waals surface area contributed by atoms with Crippen molar-refractivity contribution in [3.63, 3.8) is 0 Å². The highest BCUT2D eigenvalue weighted by Crippen LogP contribution is 2.07. The highest BCUT2D eigenvalue weighted by molar-refractivity contribution is 5.90. The van der Waals surface area contributed by atoms with Crippen molar-refractivity contribution >= 4 is 17.7 Å². The molecule has 0 spiro atoms. The number of ether oxygens (including phenoxy) is 1. The van der Waals surface area contributed by atoms with E-state index < -0.39 is 5.97 Å². The number of carbonyl (C=O) groups is 2. The zero-order chi connectivity index (χ0) is 15.8. The van der Waals surface area contributed by atoms with E-state index in [1.54, 1.807) is 25.4 Å². The van der Waals surface area contributed by atoms with Crippen LogP contribution in [0.15, 0.2) is 42.9 Å². The first-order valence-corrected chi connectivity index (χ1v) is 6.76. The molecule has 2 N–H and O–H groups in total. The number of pyridine rings is 2. The molecule has 0 unspecified atom stereocenters. The molecule has 2 rings (SSSR count). The van der Waals surface area contributed by atoms with Crippen LogP contribution in [0.2, 0.25) is 0 Å². The van der Waals surface area contributed by atoms with Crippen molar-refractivity contribution in [2.45, 2.75) is 13.5 Å². The summed E-state index contributed by atoms with van der Waals surface area (Å²) in [4.78, 5) is 31.0. The van der Waals surface area contributed by atoms with Gasteiger partial charge in [-0.1, -0.05) is 0 Å². The number of esters is 1. The predicted molar refractivity (Wildman–Crippen MR) is 80.3 cm³/mol. The lowest BCUT2D eigenvalue weighted by Gasteiger charge is -2.08. The van der Waals surface area contributed by atoms with Crippen molar-refractivity contribution < 1.29 is 14.3 Å². The Morgan fingerprint density at radius 2 is 1.95 bits per heavy atom. The minimum absolute atomic E-state index is 0.199. The van der Waals surface area contributed by atoms with E-state index >= 15 is 0 Å². The standard InChI is InChI=1S/C15H16N4O3/c1-2-22-14(20)13-4-3-12(10-17-13)19-15(21)18-9-11-5-7-16-8-6-11/h3-8,10H,2,9H2,1H3,(H2,18,19,21). The van der Waals surface area contributed by atoms with Crippen LogP contribution in [0.3, 0.4) is 0 Å². The molecular formula is C15H16N4O3. The summed E-state index contributed by atoms with van der Waals surface area (Å²) in [5.74, 6) is -0.490. The third-order valence-electron chi connectivity index (χ3n) is 2.71. The van der Waals surface area contributed by atoms with Crippen LogP contribution in [0.25, 0.3) is 0 Å². The van der Waals surface area contributed by atoms with Gasteiger partial charge in [0.2, 0.25) is 0 Å². The predicted octanol–water partition coefficient (Wildman–Crippen LogP) is 1.97. The van der Waals surface area contributed by atoms with Crippen molar-refractivity contribution in [2.24, 2.45) is 0 Å². The summed E-state index contributed by atoms with van der Waals surface area (Å²) in [6.45, 7) is 2.40. The van der Waals surface area contributed by atoms with E-state index in [0.717, 1.165) is 5.56 Å². The van der Waals surface area contributed by atoms with Crippen molar-refractivity contribution in [1.82, 2.24) is 15.3 Å². The fraction of sp³-hybridized carbons (Fsp3) is 0.200. The number of hydrogen-bond donors (Lipinski definition) is 2. The van der Waals surface area contributed by atoms with Crippen molar-refractivity contribution in [1.29, 1.82) is 0 Å². The van der Waals surface area contributed by atoms with Crippen LogP contribution in [0.1, 0.15) is 23.0 Å². The largest absolute Gasteiger partial charge is 0.461 e. The second kappa shape index (κ2) is 7.72. The molecule has 0 aliphatic rings. The van der Waals surface area contributed by atoms with Crippen LogP contribution in [-0.2, 0) is 11.3 Å². The molecule has 2 aromatic heterocycles. The third-order valence-corrected chi connectivity index (χ3v) is 2.71. The number of rotatable bonds is 5. The molecule has 2 amide bonds. The van der Waals surface area contributed by atoms with Gasteiger partial charge >= 0.3 is 12.0 Å². The van der Waals surface area contributed by atoms with E-state index in [4.69, 9.17) is 4.74 Å². The smallest absolute Gasteiger partial charge is 0.356 e. The molecule has 0 aliphatic carbocycles. The van der Waals surface area contributed by atoms with Crippen LogP contribution in [0, 0.1) is 0 Å². The maximum atomic E-state index is 11.7. The molecule has 0 aliphatic heterocycles. The number of nitrogens with zero attached hydrogens (tertiary/aromatic N) is 2. The van der Waals surface area contributed by atoms with Gasteiger partial charge < -0.3 is 15.4 Å². The zero-order valence-electron chi connectivity index (χ0n) is 12.1. The van der Waals surface area contributed by atoms with Gasteiger partial charge in [0, 0.05) is 18.9 Å². The van der Waals surface area contributed by atoms with E-state index in [0.29, 0.717) is 12.2 Å².